The number of carbonyl (C=O) groups is 1. The number of rotatable bonds is 4. The van der Waals surface area contributed by atoms with Gasteiger partial charge in [0.1, 0.15) is 18.5 Å². The Morgan fingerprint density at radius 2 is 2.08 bits per heavy atom. The van der Waals surface area contributed by atoms with Crippen molar-refractivity contribution >= 4 is 11.8 Å². The average Bonchev–Trinajstić information content (AvgIpc) is 2.97. The predicted octanol–water partition coefficient (Wildman–Crippen LogP) is 4.09. The summed E-state index contributed by atoms with van der Waals surface area (Å²) in [5.41, 5.74) is 3.18. The minimum absolute atomic E-state index is 0.0542. The Morgan fingerprint density at radius 1 is 1.25 bits per heavy atom. The molecule has 0 bridgehead atoms. The number of fused-ring (bicyclic) bond motifs is 3. The molecule has 2 atom stereocenters. The zero-order valence-electron chi connectivity index (χ0n) is 13.4. The molecule has 1 amide bonds. The first-order valence-electron chi connectivity index (χ1n) is 8.18. The summed E-state index contributed by atoms with van der Waals surface area (Å²) in [6.07, 6.45) is 2.98. The molecule has 1 saturated heterocycles. The van der Waals surface area contributed by atoms with E-state index in [2.05, 4.69) is 6.58 Å². The van der Waals surface area contributed by atoms with Crippen molar-refractivity contribution < 1.29 is 14.3 Å². The van der Waals surface area contributed by atoms with E-state index < -0.39 is 0 Å². The Labute approximate surface area is 141 Å². The van der Waals surface area contributed by atoms with E-state index in [0.29, 0.717) is 6.61 Å². The lowest BCUT2D eigenvalue weighted by atomic mass is 9.93. The summed E-state index contributed by atoms with van der Waals surface area (Å²) in [6.45, 7) is 4.30. The molecule has 0 unspecified atom stereocenters. The van der Waals surface area contributed by atoms with Crippen LogP contribution in [0.15, 0.2) is 61.2 Å². The first kappa shape index (κ1) is 14.8. The molecule has 4 rings (SSSR count). The minimum Gasteiger partial charge on any atom is -0.489 e. The SMILES string of the molecule is C=C[C@@H]1OC(=O)N2c3ccc(OCc4ccccc4)cc3CC[C@H]12. The smallest absolute Gasteiger partial charge is 0.415 e. The number of hydrogen-bond acceptors (Lipinski definition) is 3. The van der Waals surface area contributed by atoms with E-state index in [1.807, 2.05) is 48.5 Å². The summed E-state index contributed by atoms with van der Waals surface area (Å²) in [4.78, 5) is 13.9. The molecule has 0 radical (unpaired) electrons. The van der Waals surface area contributed by atoms with Crippen LogP contribution in [0.2, 0.25) is 0 Å². The molecule has 2 aromatic rings. The number of nitrogens with zero attached hydrogens (tertiary/aromatic N) is 1. The van der Waals surface area contributed by atoms with Crippen molar-refractivity contribution in [2.75, 3.05) is 4.90 Å². The van der Waals surface area contributed by atoms with E-state index in [-0.39, 0.29) is 18.2 Å². The van der Waals surface area contributed by atoms with Crippen LogP contribution in [0.25, 0.3) is 0 Å². The van der Waals surface area contributed by atoms with Crippen molar-refractivity contribution in [2.45, 2.75) is 31.6 Å². The number of cyclic esters (lactones) is 1. The van der Waals surface area contributed by atoms with E-state index in [4.69, 9.17) is 9.47 Å². The number of aryl methyl sites for hydroxylation is 1. The van der Waals surface area contributed by atoms with Crippen molar-refractivity contribution in [3.8, 4) is 5.75 Å². The molecule has 0 aliphatic carbocycles. The summed E-state index contributed by atoms with van der Waals surface area (Å²) in [5, 5.41) is 0. The molecule has 0 aromatic heterocycles. The molecule has 4 heteroatoms. The van der Waals surface area contributed by atoms with Gasteiger partial charge in [0.25, 0.3) is 0 Å². The number of carbonyl (C=O) groups excluding carboxylic acids is 1. The lowest BCUT2D eigenvalue weighted by Crippen LogP contribution is -2.39. The Balaban J connectivity index is 1.54. The zero-order chi connectivity index (χ0) is 16.5. The van der Waals surface area contributed by atoms with Crippen molar-refractivity contribution in [2.24, 2.45) is 0 Å². The van der Waals surface area contributed by atoms with Gasteiger partial charge in [0.2, 0.25) is 0 Å². The largest absolute Gasteiger partial charge is 0.489 e. The van der Waals surface area contributed by atoms with Gasteiger partial charge in [-0.25, -0.2) is 4.79 Å². The number of amides is 1. The quantitative estimate of drug-likeness (QED) is 0.796. The molecular weight excluding hydrogens is 302 g/mol. The highest BCUT2D eigenvalue weighted by Crippen LogP contribution is 2.39. The second-order valence-electron chi connectivity index (χ2n) is 6.12. The maximum absolute atomic E-state index is 12.2. The summed E-state index contributed by atoms with van der Waals surface area (Å²) in [5.74, 6) is 0.823. The molecule has 2 aromatic carbocycles. The molecule has 1 fully saturated rings. The van der Waals surface area contributed by atoms with Crippen LogP contribution in [0.5, 0.6) is 5.75 Å². The standard InChI is InChI=1S/C20H19NO3/c1-2-19-18-10-8-15-12-16(23-13-14-6-4-3-5-7-14)9-11-17(15)21(18)20(22)24-19/h2-7,9,11-12,18-19H,1,8,10,13H2/t18-,19+/m1/s1. The summed E-state index contributed by atoms with van der Waals surface area (Å²) in [7, 11) is 0. The number of hydrogen-bond donors (Lipinski definition) is 0. The summed E-state index contributed by atoms with van der Waals surface area (Å²) < 4.78 is 11.3. The van der Waals surface area contributed by atoms with Crippen molar-refractivity contribution in [3.63, 3.8) is 0 Å². The Morgan fingerprint density at radius 3 is 2.88 bits per heavy atom. The van der Waals surface area contributed by atoms with E-state index in [9.17, 15) is 4.79 Å². The molecule has 2 aliphatic heterocycles. The highest BCUT2D eigenvalue weighted by molar-refractivity contribution is 5.92. The Bertz CT molecular complexity index is 772. The van der Waals surface area contributed by atoms with Gasteiger partial charge < -0.3 is 9.47 Å². The second-order valence-corrected chi connectivity index (χ2v) is 6.12. The monoisotopic (exact) mass is 321 g/mol. The van der Waals surface area contributed by atoms with Crippen LogP contribution in [0.4, 0.5) is 10.5 Å². The number of benzene rings is 2. The molecule has 0 saturated carbocycles. The van der Waals surface area contributed by atoms with Gasteiger partial charge in [-0.1, -0.05) is 36.9 Å². The van der Waals surface area contributed by atoms with Gasteiger partial charge in [0.05, 0.1) is 11.7 Å². The van der Waals surface area contributed by atoms with Gasteiger partial charge in [-0.2, -0.15) is 0 Å². The molecule has 122 valence electrons. The molecule has 24 heavy (non-hydrogen) atoms. The van der Waals surface area contributed by atoms with Crippen molar-refractivity contribution in [1.82, 2.24) is 0 Å². The summed E-state index contributed by atoms with van der Waals surface area (Å²) in [6, 6.07) is 16.0. The van der Waals surface area contributed by atoms with Crippen LogP contribution in [0, 0.1) is 0 Å². The molecule has 4 nitrogen and oxygen atoms in total. The predicted molar refractivity (Wildman–Crippen MR) is 92.3 cm³/mol. The van der Waals surface area contributed by atoms with Crippen molar-refractivity contribution in [1.29, 1.82) is 0 Å². The van der Waals surface area contributed by atoms with E-state index in [0.717, 1.165) is 35.4 Å². The van der Waals surface area contributed by atoms with Gasteiger partial charge in [-0.3, -0.25) is 4.90 Å². The Kier molecular flexibility index (Phi) is 3.73. The fraction of sp³-hybridized carbons (Fsp3) is 0.250. The van der Waals surface area contributed by atoms with Gasteiger partial charge in [-0.15, -0.1) is 0 Å². The first-order valence-corrected chi connectivity index (χ1v) is 8.18. The lowest BCUT2D eigenvalue weighted by molar-refractivity contribution is 0.153. The normalized spacial score (nSPS) is 21.7. The maximum Gasteiger partial charge on any atom is 0.415 e. The fourth-order valence-electron chi connectivity index (χ4n) is 3.44. The molecule has 0 N–H and O–H groups in total. The maximum atomic E-state index is 12.2. The second kappa shape index (κ2) is 6.04. The van der Waals surface area contributed by atoms with Gasteiger partial charge in [-0.05, 0) is 48.2 Å². The lowest BCUT2D eigenvalue weighted by Gasteiger charge is -2.30. The third kappa shape index (κ3) is 2.54. The van der Waals surface area contributed by atoms with Crippen molar-refractivity contribution in [3.05, 3.63) is 72.3 Å². The van der Waals surface area contributed by atoms with E-state index in [1.165, 1.54) is 0 Å². The molecule has 2 heterocycles. The third-order valence-corrected chi connectivity index (χ3v) is 4.65. The highest BCUT2D eigenvalue weighted by atomic mass is 16.6. The Hall–Kier alpha value is -2.75. The van der Waals surface area contributed by atoms with E-state index in [1.54, 1.807) is 11.0 Å². The minimum atomic E-state index is -0.288. The molecular formula is C20H19NO3. The zero-order valence-corrected chi connectivity index (χ0v) is 13.4. The third-order valence-electron chi connectivity index (χ3n) is 4.65. The van der Waals surface area contributed by atoms with Crippen LogP contribution in [0.3, 0.4) is 0 Å². The van der Waals surface area contributed by atoms with Crippen LogP contribution >= 0.6 is 0 Å². The van der Waals surface area contributed by atoms with Gasteiger partial charge >= 0.3 is 6.09 Å². The fourth-order valence-corrected chi connectivity index (χ4v) is 3.44. The van der Waals surface area contributed by atoms with Crippen LogP contribution < -0.4 is 9.64 Å². The first-order chi connectivity index (χ1) is 11.8. The number of ether oxygens (including phenoxy) is 2. The molecule has 0 spiro atoms. The van der Waals surface area contributed by atoms with Crippen LogP contribution in [0.1, 0.15) is 17.5 Å². The van der Waals surface area contributed by atoms with E-state index >= 15 is 0 Å². The average molecular weight is 321 g/mol. The van der Waals surface area contributed by atoms with Crippen LogP contribution in [-0.4, -0.2) is 18.2 Å². The van der Waals surface area contributed by atoms with Gasteiger partial charge in [0.15, 0.2) is 0 Å². The molecule has 2 aliphatic rings. The number of anilines is 1. The summed E-state index contributed by atoms with van der Waals surface area (Å²) >= 11 is 0. The topological polar surface area (TPSA) is 38.8 Å². The van der Waals surface area contributed by atoms with Crippen LogP contribution in [-0.2, 0) is 17.8 Å². The highest BCUT2D eigenvalue weighted by Gasteiger charge is 2.43. The van der Waals surface area contributed by atoms with Gasteiger partial charge in [0, 0.05) is 0 Å².